The molecule has 11 nitrogen and oxygen atoms in total. The number of allylic oxidation sites excluding steroid dienone is 4. The minimum Gasteiger partial charge on any atom is -0.439 e. The number of ether oxygens (including phenoxy) is 3. The van der Waals surface area contributed by atoms with Gasteiger partial charge in [0.2, 0.25) is 11.6 Å². The number of carbonyl (C=O) groups is 4. The van der Waals surface area contributed by atoms with Crippen LogP contribution in [0.15, 0.2) is 71.1 Å². The van der Waals surface area contributed by atoms with Crippen molar-refractivity contribution in [3.05, 3.63) is 71.1 Å². The van der Waals surface area contributed by atoms with E-state index in [0.29, 0.717) is 12.0 Å². The minimum absolute atomic E-state index is 0.132. The van der Waals surface area contributed by atoms with Crippen molar-refractivity contribution in [1.82, 2.24) is 10.6 Å². The number of hydrogen-bond acceptors (Lipinski definition) is 9. The predicted octanol–water partition coefficient (Wildman–Crippen LogP) is 2.54. The van der Waals surface area contributed by atoms with E-state index >= 15 is 0 Å². The van der Waals surface area contributed by atoms with Crippen LogP contribution in [0.3, 0.4) is 0 Å². The van der Waals surface area contributed by atoms with Gasteiger partial charge in [-0.05, 0) is 38.2 Å². The van der Waals surface area contributed by atoms with Crippen LogP contribution in [0.1, 0.15) is 40.5 Å². The third kappa shape index (κ3) is 9.10. The molecule has 6 atom stereocenters. The van der Waals surface area contributed by atoms with Crippen molar-refractivity contribution >= 4 is 23.6 Å². The van der Waals surface area contributed by atoms with Gasteiger partial charge in [0.1, 0.15) is 6.10 Å². The monoisotopic (exact) mass is 585 g/mol. The highest BCUT2D eigenvalue weighted by molar-refractivity contribution is 6.23. The highest BCUT2D eigenvalue weighted by atomic mass is 16.6. The van der Waals surface area contributed by atoms with E-state index in [-0.39, 0.29) is 41.4 Å². The maximum absolute atomic E-state index is 13.5. The Morgan fingerprint density at radius 1 is 1.21 bits per heavy atom. The molecule has 11 heteroatoms. The summed E-state index contributed by atoms with van der Waals surface area (Å²) in [4.78, 5) is 51.3. The number of amides is 2. The average Bonchev–Trinajstić information content (AvgIpc) is 2.94. The Bertz CT molecular complexity index is 1210. The van der Waals surface area contributed by atoms with Crippen molar-refractivity contribution in [1.29, 1.82) is 0 Å². The second kappa shape index (κ2) is 16.0. The van der Waals surface area contributed by atoms with Crippen LogP contribution in [-0.2, 0) is 28.6 Å². The van der Waals surface area contributed by atoms with E-state index in [1.165, 1.54) is 20.3 Å². The minimum atomic E-state index is -1.00. The molecule has 0 unspecified atom stereocenters. The molecular weight excluding hydrogens is 542 g/mol. The van der Waals surface area contributed by atoms with Gasteiger partial charge in [-0.25, -0.2) is 4.79 Å². The summed E-state index contributed by atoms with van der Waals surface area (Å²) in [6.07, 6.45) is 5.34. The molecule has 2 aliphatic rings. The quantitative estimate of drug-likeness (QED) is 0.271. The zero-order valence-corrected chi connectivity index (χ0v) is 25.1. The van der Waals surface area contributed by atoms with Crippen molar-refractivity contribution < 1.29 is 38.5 Å². The molecule has 2 bridgehead atoms. The normalized spacial score (nSPS) is 31.6. The van der Waals surface area contributed by atoms with Crippen molar-refractivity contribution in [2.45, 2.75) is 65.0 Å². The fraction of sp³-hybridized carbons (Fsp3) is 0.484. The lowest BCUT2D eigenvalue weighted by molar-refractivity contribution is -0.120. The van der Waals surface area contributed by atoms with Gasteiger partial charge in [-0.15, -0.1) is 6.58 Å². The Morgan fingerprint density at radius 2 is 1.90 bits per heavy atom. The first-order valence-electron chi connectivity index (χ1n) is 13.8. The standard InChI is InChI=1S/C31H43N3O8/c1-8-12-33-26-21-13-17(2)14-25(41-7)27(36)19(4)15-20(5)29(42-31(32)39)24(40-6)11-9-10-18(3)30(38)34-22(28(21)37)16-23(26)35/h8-11,15-17,19,24-25,27,29,33,36H,1,12-14H2,2-7H3,(H2,32,39)(H,34,38)/b11-9+,18-10+,20-15+/t17-,19+,24-,25+,27-,29+/m1/s1. The van der Waals surface area contributed by atoms with Crippen LogP contribution < -0.4 is 16.4 Å². The first-order chi connectivity index (χ1) is 19.8. The van der Waals surface area contributed by atoms with E-state index in [1.54, 1.807) is 45.1 Å². The van der Waals surface area contributed by atoms with Crippen molar-refractivity contribution in [3.63, 3.8) is 0 Å². The van der Waals surface area contributed by atoms with Crippen LogP contribution in [0.4, 0.5) is 4.79 Å². The zero-order chi connectivity index (χ0) is 31.6. The third-order valence-electron chi connectivity index (χ3n) is 7.22. The van der Waals surface area contributed by atoms with E-state index in [0.717, 1.165) is 6.08 Å². The van der Waals surface area contributed by atoms with Crippen LogP contribution in [0.25, 0.3) is 0 Å². The third-order valence-corrected chi connectivity index (χ3v) is 7.22. The fourth-order valence-electron chi connectivity index (χ4n) is 4.95. The fourth-order valence-corrected chi connectivity index (χ4v) is 4.95. The molecule has 230 valence electrons. The maximum Gasteiger partial charge on any atom is 0.405 e. The van der Waals surface area contributed by atoms with Gasteiger partial charge in [0.15, 0.2) is 6.10 Å². The Balaban J connectivity index is 2.62. The summed E-state index contributed by atoms with van der Waals surface area (Å²) in [5.41, 5.74) is 6.42. The Hall–Kier alpha value is -3.80. The SMILES string of the molecule is C=CCNC1=C2C[C@@H](C)C[C@H](OC)[C@H](O)[C@@H](C)/C=C(\C)[C@H](OC(N)=O)[C@H](OC)/C=C/C=C(\C)C(=O)NC(=CC1=O)C2=O. The molecule has 0 radical (unpaired) electrons. The predicted molar refractivity (Wildman–Crippen MR) is 158 cm³/mol. The van der Waals surface area contributed by atoms with Crippen molar-refractivity contribution in [2.75, 3.05) is 20.8 Å². The molecule has 0 fully saturated rings. The maximum atomic E-state index is 13.5. The van der Waals surface area contributed by atoms with Crippen LogP contribution in [0.2, 0.25) is 0 Å². The Kier molecular flexibility index (Phi) is 13.1. The number of nitrogens with one attached hydrogen (secondary N) is 2. The molecular formula is C31H43N3O8. The molecule has 5 N–H and O–H groups in total. The van der Waals surface area contributed by atoms with Gasteiger partial charge in [-0.3, -0.25) is 14.4 Å². The van der Waals surface area contributed by atoms with Crippen LogP contribution in [-0.4, -0.2) is 73.9 Å². The topological polar surface area (TPSA) is 166 Å². The largest absolute Gasteiger partial charge is 0.439 e. The van der Waals surface area contributed by atoms with Gasteiger partial charge in [-0.2, -0.15) is 0 Å². The summed E-state index contributed by atoms with van der Waals surface area (Å²) >= 11 is 0. The van der Waals surface area contributed by atoms with Crippen LogP contribution >= 0.6 is 0 Å². The molecule has 0 saturated carbocycles. The molecule has 0 aromatic carbocycles. The summed E-state index contributed by atoms with van der Waals surface area (Å²) in [5.74, 6) is -2.14. The second-order valence-electron chi connectivity index (χ2n) is 10.6. The van der Waals surface area contributed by atoms with E-state index in [1.807, 2.05) is 6.92 Å². The number of primary amides is 1. The lowest BCUT2D eigenvalue weighted by Crippen LogP contribution is -2.37. The number of aliphatic hydroxyl groups excluding tert-OH is 1. The molecule has 0 aromatic rings. The molecule has 0 spiro atoms. The number of nitrogens with two attached hydrogens (primary N) is 1. The highest BCUT2D eigenvalue weighted by Gasteiger charge is 2.33. The highest BCUT2D eigenvalue weighted by Crippen LogP contribution is 2.28. The van der Waals surface area contributed by atoms with Gasteiger partial charge in [0, 0.05) is 43.9 Å². The second-order valence-corrected chi connectivity index (χ2v) is 10.6. The molecule has 0 saturated heterocycles. The number of Topliss-reactive ketones (excluding diaryl/α,β-unsaturated/α-hetero) is 1. The van der Waals surface area contributed by atoms with E-state index < -0.39 is 53.9 Å². The first kappa shape index (κ1) is 34.4. The van der Waals surface area contributed by atoms with Gasteiger partial charge in [0.25, 0.3) is 5.91 Å². The number of hydrogen-bond donors (Lipinski definition) is 4. The summed E-state index contributed by atoms with van der Waals surface area (Å²) in [7, 11) is 2.92. The number of ketones is 2. The summed E-state index contributed by atoms with van der Waals surface area (Å²) in [6, 6.07) is 0. The van der Waals surface area contributed by atoms with Crippen LogP contribution in [0.5, 0.6) is 0 Å². The molecule has 42 heavy (non-hydrogen) atoms. The smallest absolute Gasteiger partial charge is 0.405 e. The molecule has 2 rings (SSSR count). The molecule has 0 aromatic heterocycles. The molecule has 1 heterocycles. The summed E-state index contributed by atoms with van der Waals surface area (Å²) < 4.78 is 16.6. The van der Waals surface area contributed by atoms with Gasteiger partial charge >= 0.3 is 6.09 Å². The number of carbonyl (C=O) groups excluding carboxylic acids is 4. The number of fused-ring (bicyclic) bond motifs is 2. The summed E-state index contributed by atoms with van der Waals surface area (Å²) in [6.45, 7) is 10.9. The van der Waals surface area contributed by atoms with E-state index in [4.69, 9.17) is 19.9 Å². The number of methoxy groups -OCH3 is 2. The Morgan fingerprint density at radius 3 is 2.50 bits per heavy atom. The van der Waals surface area contributed by atoms with E-state index in [9.17, 15) is 24.3 Å². The number of rotatable bonds is 6. The van der Waals surface area contributed by atoms with E-state index in [2.05, 4.69) is 17.2 Å². The van der Waals surface area contributed by atoms with Crippen molar-refractivity contribution in [3.8, 4) is 0 Å². The lowest BCUT2D eigenvalue weighted by atomic mass is 9.85. The average molecular weight is 586 g/mol. The summed E-state index contributed by atoms with van der Waals surface area (Å²) in [5, 5.41) is 16.7. The Labute approximate surface area is 247 Å². The molecule has 1 aliphatic carbocycles. The number of aliphatic hydroxyl groups is 1. The first-order valence-corrected chi connectivity index (χ1v) is 13.8. The lowest BCUT2D eigenvalue weighted by Gasteiger charge is -2.30. The van der Waals surface area contributed by atoms with Gasteiger partial charge in [0.05, 0.1) is 23.6 Å². The zero-order valence-electron chi connectivity index (χ0n) is 25.1. The van der Waals surface area contributed by atoms with Crippen molar-refractivity contribution in [2.24, 2.45) is 17.6 Å². The van der Waals surface area contributed by atoms with Gasteiger partial charge in [-0.1, -0.05) is 44.2 Å². The van der Waals surface area contributed by atoms with Crippen LogP contribution in [0, 0.1) is 11.8 Å². The molecule has 2 amide bonds. The van der Waals surface area contributed by atoms with Gasteiger partial charge < -0.3 is 35.7 Å². The molecule has 1 aliphatic heterocycles.